The van der Waals surface area contributed by atoms with Crippen LogP contribution in [0.5, 0.6) is 0 Å². The Morgan fingerprint density at radius 1 is 1.11 bits per heavy atom. The third-order valence-corrected chi connectivity index (χ3v) is 4.31. The lowest BCUT2D eigenvalue weighted by Crippen LogP contribution is -2.38. The SMILES string of the molecule is CCNC(=NCCCN1CCCCCC1=O)NCCCCOCCOC.I. The molecule has 0 unspecified atom stereocenters. The third kappa shape index (κ3) is 14.1. The fraction of sp³-hybridized carbons (Fsp3) is 0.895. The zero-order valence-corrected chi connectivity index (χ0v) is 19.5. The van der Waals surface area contributed by atoms with Crippen LogP contribution in [0.15, 0.2) is 4.99 Å². The monoisotopic (exact) mass is 498 g/mol. The first-order chi connectivity index (χ1) is 12.8. The van der Waals surface area contributed by atoms with Crippen LogP contribution in [-0.2, 0) is 14.3 Å². The first-order valence-corrected chi connectivity index (χ1v) is 10.1. The van der Waals surface area contributed by atoms with Gasteiger partial charge in [0.1, 0.15) is 0 Å². The summed E-state index contributed by atoms with van der Waals surface area (Å²) in [7, 11) is 1.68. The van der Waals surface area contributed by atoms with Crippen molar-refractivity contribution in [3.05, 3.63) is 0 Å². The van der Waals surface area contributed by atoms with Gasteiger partial charge in [0.2, 0.25) is 5.91 Å². The van der Waals surface area contributed by atoms with Crippen molar-refractivity contribution < 1.29 is 14.3 Å². The summed E-state index contributed by atoms with van der Waals surface area (Å²) in [6, 6.07) is 0. The zero-order valence-electron chi connectivity index (χ0n) is 17.1. The molecule has 0 aromatic carbocycles. The van der Waals surface area contributed by atoms with Gasteiger partial charge in [-0.2, -0.15) is 0 Å². The van der Waals surface area contributed by atoms with Crippen LogP contribution in [0.2, 0.25) is 0 Å². The van der Waals surface area contributed by atoms with E-state index in [1.807, 2.05) is 4.90 Å². The number of aliphatic imine (C=N–C) groups is 1. The highest BCUT2D eigenvalue weighted by atomic mass is 127. The lowest BCUT2D eigenvalue weighted by Gasteiger charge is -2.20. The van der Waals surface area contributed by atoms with Gasteiger partial charge in [-0.15, -0.1) is 24.0 Å². The van der Waals surface area contributed by atoms with Crippen LogP contribution in [0.4, 0.5) is 0 Å². The molecule has 1 aliphatic rings. The van der Waals surface area contributed by atoms with E-state index in [4.69, 9.17) is 9.47 Å². The summed E-state index contributed by atoms with van der Waals surface area (Å²) in [5.74, 6) is 1.17. The van der Waals surface area contributed by atoms with E-state index in [0.29, 0.717) is 25.5 Å². The van der Waals surface area contributed by atoms with Gasteiger partial charge in [0.15, 0.2) is 5.96 Å². The summed E-state index contributed by atoms with van der Waals surface area (Å²) in [6.45, 7) is 8.33. The number of ether oxygens (including phenoxy) is 2. The van der Waals surface area contributed by atoms with Gasteiger partial charge in [0.05, 0.1) is 13.2 Å². The van der Waals surface area contributed by atoms with E-state index >= 15 is 0 Å². The van der Waals surface area contributed by atoms with Gasteiger partial charge >= 0.3 is 0 Å². The molecule has 0 saturated carbocycles. The van der Waals surface area contributed by atoms with Crippen LogP contribution >= 0.6 is 24.0 Å². The second-order valence-electron chi connectivity index (χ2n) is 6.54. The Hall–Kier alpha value is -0.610. The van der Waals surface area contributed by atoms with Crippen molar-refractivity contribution in [3.8, 4) is 0 Å². The number of hydrogen-bond donors (Lipinski definition) is 2. The Kier molecular flexibility index (Phi) is 18.3. The number of unbranched alkanes of at least 4 members (excludes halogenated alkanes) is 1. The Labute approximate surface area is 182 Å². The molecule has 1 amide bonds. The third-order valence-electron chi connectivity index (χ3n) is 4.31. The number of halogens is 1. The summed E-state index contributed by atoms with van der Waals surface area (Å²) in [6.07, 6.45) is 7.03. The van der Waals surface area contributed by atoms with Crippen LogP contribution < -0.4 is 10.6 Å². The highest BCUT2D eigenvalue weighted by Crippen LogP contribution is 2.11. The number of carbonyl (C=O) groups is 1. The van der Waals surface area contributed by atoms with Crippen molar-refractivity contribution >= 4 is 35.8 Å². The standard InChI is InChI=1S/C19H38N4O3.HI/c1-3-20-19(21-11-6-8-15-26-17-16-25-2)22-12-9-14-23-13-7-4-5-10-18(23)24;/h3-17H2,1-2H3,(H2,20,21,22);1H. The van der Waals surface area contributed by atoms with Crippen LogP contribution in [0.25, 0.3) is 0 Å². The molecule has 1 aliphatic heterocycles. The fourth-order valence-electron chi connectivity index (χ4n) is 2.85. The zero-order chi connectivity index (χ0) is 18.9. The van der Waals surface area contributed by atoms with Crippen LogP contribution in [0.1, 0.15) is 51.9 Å². The molecule has 1 fully saturated rings. The summed E-state index contributed by atoms with van der Waals surface area (Å²) in [5, 5.41) is 6.63. The number of nitrogens with one attached hydrogen (secondary N) is 2. The van der Waals surface area contributed by atoms with E-state index in [9.17, 15) is 4.79 Å². The number of hydrogen-bond acceptors (Lipinski definition) is 4. The number of likely N-dealkylation sites (tertiary alicyclic amines) is 1. The average molecular weight is 498 g/mol. The normalized spacial score (nSPS) is 15.3. The van der Waals surface area contributed by atoms with Gasteiger partial charge in [-0.05, 0) is 39.0 Å². The highest BCUT2D eigenvalue weighted by molar-refractivity contribution is 14.0. The molecule has 0 radical (unpaired) electrons. The van der Waals surface area contributed by atoms with Crippen molar-refractivity contribution in [2.24, 2.45) is 4.99 Å². The molecular weight excluding hydrogens is 459 g/mol. The largest absolute Gasteiger partial charge is 0.382 e. The quantitative estimate of drug-likeness (QED) is 0.177. The van der Waals surface area contributed by atoms with Gasteiger partial charge in [0, 0.05) is 52.9 Å². The smallest absolute Gasteiger partial charge is 0.222 e. The maximum absolute atomic E-state index is 12.0. The van der Waals surface area contributed by atoms with Gasteiger partial charge < -0.3 is 25.0 Å². The van der Waals surface area contributed by atoms with E-state index in [1.165, 1.54) is 6.42 Å². The van der Waals surface area contributed by atoms with E-state index in [1.54, 1.807) is 7.11 Å². The van der Waals surface area contributed by atoms with Crippen LogP contribution in [0.3, 0.4) is 0 Å². The van der Waals surface area contributed by atoms with Gasteiger partial charge in [0.25, 0.3) is 0 Å². The van der Waals surface area contributed by atoms with E-state index < -0.39 is 0 Å². The minimum Gasteiger partial charge on any atom is -0.382 e. The Bertz CT molecular complexity index is 397. The topological polar surface area (TPSA) is 75.2 Å². The summed E-state index contributed by atoms with van der Waals surface area (Å²) in [5.41, 5.74) is 0. The fourth-order valence-corrected chi connectivity index (χ4v) is 2.85. The molecule has 0 aromatic heterocycles. The van der Waals surface area contributed by atoms with Crippen LogP contribution in [0, 0.1) is 0 Å². The molecule has 1 rings (SSSR count). The van der Waals surface area contributed by atoms with Crippen molar-refractivity contribution in [1.29, 1.82) is 0 Å². The lowest BCUT2D eigenvalue weighted by molar-refractivity contribution is -0.130. The second kappa shape index (κ2) is 18.7. The Morgan fingerprint density at radius 2 is 1.96 bits per heavy atom. The van der Waals surface area contributed by atoms with Crippen LogP contribution in [-0.4, -0.2) is 76.4 Å². The maximum Gasteiger partial charge on any atom is 0.222 e. The first kappa shape index (κ1) is 26.4. The number of guanidine groups is 1. The predicted octanol–water partition coefficient (Wildman–Crippen LogP) is 2.40. The average Bonchev–Trinajstić information content (AvgIpc) is 2.85. The summed E-state index contributed by atoms with van der Waals surface area (Å²) in [4.78, 5) is 18.6. The van der Waals surface area contributed by atoms with E-state index in [-0.39, 0.29) is 24.0 Å². The molecule has 27 heavy (non-hydrogen) atoms. The minimum absolute atomic E-state index is 0. The number of amides is 1. The Balaban J connectivity index is 0.00000676. The van der Waals surface area contributed by atoms with Crippen molar-refractivity contribution in [2.75, 3.05) is 59.7 Å². The molecule has 8 heteroatoms. The Morgan fingerprint density at radius 3 is 2.74 bits per heavy atom. The first-order valence-electron chi connectivity index (χ1n) is 10.1. The molecule has 0 bridgehead atoms. The molecule has 0 aromatic rings. The van der Waals surface area contributed by atoms with Gasteiger partial charge in [-0.3, -0.25) is 9.79 Å². The summed E-state index contributed by atoms with van der Waals surface area (Å²) < 4.78 is 10.4. The number of carbonyl (C=O) groups excluding carboxylic acids is 1. The molecule has 160 valence electrons. The van der Waals surface area contributed by atoms with Gasteiger partial charge in [-0.1, -0.05) is 6.42 Å². The van der Waals surface area contributed by atoms with Crippen molar-refractivity contribution in [3.63, 3.8) is 0 Å². The molecular formula is C19H39IN4O3. The lowest BCUT2D eigenvalue weighted by atomic mass is 10.2. The second-order valence-corrected chi connectivity index (χ2v) is 6.54. The molecule has 0 atom stereocenters. The summed E-state index contributed by atoms with van der Waals surface area (Å²) >= 11 is 0. The minimum atomic E-state index is 0. The van der Waals surface area contributed by atoms with Gasteiger partial charge in [-0.25, -0.2) is 0 Å². The number of nitrogens with zero attached hydrogens (tertiary/aromatic N) is 2. The molecule has 7 nitrogen and oxygen atoms in total. The molecule has 0 spiro atoms. The molecule has 1 heterocycles. The number of methoxy groups -OCH3 is 1. The predicted molar refractivity (Wildman–Crippen MR) is 121 cm³/mol. The van der Waals surface area contributed by atoms with Crippen molar-refractivity contribution in [1.82, 2.24) is 15.5 Å². The highest BCUT2D eigenvalue weighted by Gasteiger charge is 2.15. The van der Waals surface area contributed by atoms with E-state index in [0.717, 1.165) is 77.4 Å². The molecule has 0 aliphatic carbocycles. The maximum atomic E-state index is 12.0. The van der Waals surface area contributed by atoms with E-state index in [2.05, 4.69) is 22.5 Å². The molecule has 2 N–H and O–H groups in total. The molecule has 1 saturated heterocycles. The number of rotatable bonds is 13. The van der Waals surface area contributed by atoms with Crippen molar-refractivity contribution in [2.45, 2.75) is 51.9 Å².